The van der Waals surface area contributed by atoms with Gasteiger partial charge in [0, 0.05) is 81.2 Å². The van der Waals surface area contributed by atoms with Gasteiger partial charge in [-0.1, -0.05) is 92.7 Å². The molecular weight excluding hydrogens is 709 g/mol. The smallest absolute Gasteiger partial charge is 0.0708 e. The van der Waals surface area contributed by atoms with E-state index in [1.54, 1.807) is 0 Å². The molecule has 0 saturated carbocycles. The molecule has 0 amide bonds. The Balaban J connectivity index is 0.00000201. The molecule has 5 aromatic carbocycles. The van der Waals surface area contributed by atoms with Crippen molar-refractivity contribution < 1.29 is 0 Å². The number of benzene rings is 5. The fourth-order valence-electron chi connectivity index (χ4n) is 8.36. The second-order valence-corrected chi connectivity index (χ2v) is 14.0. The second-order valence-electron chi connectivity index (χ2n) is 14.0. The zero-order valence-electron chi connectivity index (χ0n) is 32.2. The Kier molecular flexibility index (Phi) is 8.84. The molecule has 0 bridgehead atoms. The van der Waals surface area contributed by atoms with Crippen LogP contribution in [-0.2, 0) is 0 Å². The predicted molar refractivity (Wildman–Crippen MR) is 239 cm³/mol. The summed E-state index contributed by atoms with van der Waals surface area (Å²) < 4.78 is 4.71. The minimum atomic E-state index is 0.954. The number of hydrogen-bond donors (Lipinski definition) is 0. The predicted octanol–water partition coefficient (Wildman–Crippen LogP) is 13.2. The summed E-state index contributed by atoms with van der Waals surface area (Å²) >= 11 is 0. The van der Waals surface area contributed by atoms with Gasteiger partial charge >= 0.3 is 0 Å². The molecule has 58 heavy (non-hydrogen) atoms. The molecule has 276 valence electrons. The van der Waals surface area contributed by atoms with E-state index < -0.39 is 0 Å². The van der Waals surface area contributed by atoms with Crippen LogP contribution in [0.25, 0.3) is 99.8 Å². The lowest BCUT2D eigenvalue weighted by atomic mass is 9.96. The van der Waals surface area contributed by atoms with Crippen molar-refractivity contribution in [3.8, 4) is 56.1 Å². The van der Waals surface area contributed by atoms with Crippen LogP contribution in [0.2, 0.25) is 0 Å². The molecule has 6 heterocycles. The van der Waals surface area contributed by atoms with E-state index in [1.165, 1.54) is 0 Å². The topological polar surface area (TPSA) is 61.4 Å². The summed E-state index contributed by atoms with van der Waals surface area (Å²) in [4.78, 5) is 18.5. The van der Waals surface area contributed by atoms with E-state index in [4.69, 9.17) is 0 Å². The number of aromatic nitrogens is 6. The van der Waals surface area contributed by atoms with Crippen molar-refractivity contribution in [2.24, 2.45) is 0 Å². The molecule has 0 aliphatic carbocycles. The van der Waals surface area contributed by atoms with E-state index in [2.05, 4.69) is 163 Å². The quantitative estimate of drug-likeness (QED) is 0.170. The van der Waals surface area contributed by atoms with Gasteiger partial charge in [0.15, 0.2) is 0 Å². The van der Waals surface area contributed by atoms with Crippen molar-refractivity contribution in [2.75, 3.05) is 0 Å². The van der Waals surface area contributed by atoms with Gasteiger partial charge in [-0.15, -0.1) is 0 Å². The van der Waals surface area contributed by atoms with Crippen molar-refractivity contribution in [1.29, 1.82) is 0 Å². The van der Waals surface area contributed by atoms with Gasteiger partial charge < -0.3 is 9.13 Å². The molecule has 0 aliphatic heterocycles. The molecule has 0 N–H and O–H groups in total. The van der Waals surface area contributed by atoms with Crippen LogP contribution in [0.15, 0.2) is 195 Å². The highest BCUT2D eigenvalue weighted by Gasteiger charge is 2.18. The highest BCUT2D eigenvalue weighted by Crippen LogP contribution is 2.40. The third-order valence-electron chi connectivity index (χ3n) is 10.8. The monoisotopic (exact) mass is 746 g/mol. The number of pyridine rings is 4. The lowest BCUT2D eigenvalue weighted by molar-refractivity contribution is 1.13. The minimum absolute atomic E-state index is 0.954. The van der Waals surface area contributed by atoms with E-state index in [0.29, 0.717) is 0 Å². The maximum absolute atomic E-state index is 4.67. The molecule has 0 aliphatic rings. The van der Waals surface area contributed by atoms with Crippen LogP contribution in [0.3, 0.4) is 0 Å². The lowest BCUT2D eigenvalue weighted by Crippen LogP contribution is -1.98. The first-order chi connectivity index (χ1) is 28.8. The van der Waals surface area contributed by atoms with Crippen LogP contribution in [-0.4, -0.2) is 29.1 Å². The molecule has 0 spiro atoms. The Morgan fingerprint density at radius 1 is 0.345 bits per heavy atom. The molecule has 6 aromatic heterocycles. The zero-order valence-corrected chi connectivity index (χ0v) is 32.2. The average Bonchev–Trinajstić information content (AvgIpc) is 3.82. The number of hydrogen-bond acceptors (Lipinski definition) is 4. The number of rotatable bonds is 6. The molecule has 6 nitrogen and oxygen atoms in total. The largest absolute Gasteiger partial charge is 0.309 e. The van der Waals surface area contributed by atoms with Crippen molar-refractivity contribution in [2.45, 2.75) is 13.8 Å². The summed E-state index contributed by atoms with van der Waals surface area (Å²) in [6.45, 7) is 4.00. The Labute approximate surface area is 336 Å². The zero-order chi connectivity index (χ0) is 39.0. The fourth-order valence-corrected chi connectivity index (χ4v) is 8.36. The van der Waals surface area contributed by atoms with Gasteiger partial charge in [0.1, 0.15) is 0 Å². The Morgan fingerprint density at radius 3 is 1.22 bits per heavy atom. The van der Waals surface area contributed by atoms with Crippen LogP contribution >= 0.6 is 0 Å². The fraction of sp³-hybridized carbons (Fsp3) is 0.0385. The molecule has 0 radical (unpaired) electrons. The highest BCUT2D eigenvalue weighted by molar-refractivity contribution is 6.12. The van der Waals surface area contributed by atoms with Crippen LogP contribution in [0, 0.1) is 0 Å². The van der Waals surface area contributed by atoms with Gasteiger partial charge in [0.2, 0.25) is 0 Å². The van der Waals surface area contributed by atoms with Crippen LogP contribution in [0.5, 0.6) is 0 Å². The number of fused-ring (bicyclic) bond motifs is 6. The first kappa shape index (κ1) is 34.8. The van der Waals surface area contributed by atoms with Gasteiger partial charge in [0.25, 0.3) is 0 Å². The Bertz CT molecular complexity index is 3040. The molecule has 11 aromatic rings. The second kappa shape index (κ2) is 14.8. The third-order valence-corrected chi connectivity index (χ3v) is 10.8. The summed E-state index contributed by atoms with van der Waals surface area (Å²) in [5.41, 5.74) is 15.3. The third kappa shape index (κ3) is 5.82. The van der Waals surface area contributed by atoms with Gasteiger partial charge in [-0.25, -0.2) is 0 Å². The minimum Gasteiger partial charge on any atom is -0.309 e. The number of nitrogens with zero attached hydrogens (tertiary/aromatic N) is 6. The van der Waals surface area contributed by atoms with E-state index in [9.17, 15) is 0 Å². The summed E-state index contributed by atoms with van der Waals surface area (Å²) in [6.07, 6.45) is 11.4. The van der Waals surface area contributed by atoms with Crippen LogP contribution < -0.4 is 0 Å². The first-order valence-electron chi connectivity index (χ1n) is 19.7. The normalized spacial score (nSPS) is 11.3. The highest BCUT2D eigenvalue weighted by atomic mass is 15.0. The van der Waals surface area contributed by atoms with Crippen LogP contribution in [0.1, 0.15) is 13.8 Å². The molecule has 11 rings (SSSR count). The molecule has 0 saturated heterocycles. The summed E-state index contributed by atoms with van der Waals surface area (Å²) in [7, 11) is 0. The van der Waals surface area contributed by atoms with E-state index in [0.717, 1.165) is 99.8 Å². The summed E-state index contributed by atoms with van der Waals surface area (Å²) in [5, 5.41) is 4.50. The van der Waals surface area contributed by atoms with Crippen molar-refractivity contribution in [3.63, 3.8) is 0 Å². The molecule has 0 fully saturated rings. The maximum atomic E-state index is 4.67. The van der Waals surface area contributed by atoms with Crippen molar-refractivity contribution in [3.05, 3.63) is 195 Å². The van der Waals surface area contributed by atoms with E-state index >= 15 is 0 Å². The van der Waals surface area contributed by atoms with Crippen molar-refractivity contribution in [1.82, 2.24) is 29.1 Å². The summed E-state index contributed by atoms with van der Waals surface area (Å²) in [6, 6.07) is 55.6. The SMILES string of the molecule is CC.c1ccc(-c2ccccc2-c2ccc3c(c2)c2cnccc2n3-c2cccc(-n3c4ccncc4c4cc(-c5ccccc5-c5ccccn5)ccc43)c2)nc1. The molecule has 0 unspecified atom stereocenters. The summed E-state index contributed by atoms with van der Waals surface area (Å²) in [5.74, 6) is 0. The van der Waals surface area contributed by atoms with Gasteiger partial charge in [-0.2, -0.15) is 0 Å². The van der Waals surface area contributed by atoms with E-state index in [-0.39, 0.29) is 0 Å². The standard InChI is InChI=1S/C50H32N6.C2H6/c1-3-14-39(45-16-5-7-24-53-45)37(12-1)33-18-20-47-41(28-33)43-31-51-26-22-49(43)55(47)35-10-9-11-36(30-35)56-48-21-19-34(29-42(48)44-32-52-27-23-50(44)56)38-13-2-4-15-40(38)46-17-6-8-25-54-46;1-2/h1-32H;1-2H3. The molecule has 6 heteroatoms. The maximum Gasteiger partial charge on any atom is 0.0708 e. The van der Waals surface area contributed by atoms with Gasteiger partial charge in [0.05, 0.1) is 33.5 Å². The van der Waals surface area contributed by atoms with E-state index in [1.807, 2.05) is 75.3 Å². The Hall–Kier alpha value is -7.70. The van der Waals surface area contributed by atoms with Crippen molar-refractivity contribution >= 4 is 43.6 Å². The molecular formula is C52H38N6. The first-order valence-corrected chi connectivity index (χ1v) is 19.7. The van der Waals surface area contributed by atoms with Gasteiger partial charge in [-0.05, 0) is 101 Å². The average molecular weight is 747 g/mol. The lowest BCUT2D eigenvalue weighted by Gasteiger charge is -2.13. The van der Waals surface area contributed by atoms with Gasteiger partial charge in [-0.3, -0.25) is 19.9 Å². The molecule has 0 atom stereocenters. The Morgan fingerprint density at radius 2 is 0.776 bits per heavy atom. The van der Waals surface area contributed by atoms with Crippen LogP contribution in [0.4, 0.5) is 0 Å².